The van der Waals surface area contributed by atoms with Crippen LogP contribution in [0, 0.1) is 0 Å². The lowest BCUT2D eigenvalue weighted by Crippen LogP contribution is -2.29. The van der Waals surface area contributed by atoms with Crippen molar-refractivity contribution in [2.45, 2.75) is 12.2 Å². The highest BCUT2D eigenvalue weighted by molar-refractivity contribution is 5.40. The predicted molar refractivity (Wildman–Crippen MR) is 54.7 cm³/mol. The summed E-state index contributed by atoms with van der Waals surface area (Å²) in [6.45, 7) is 0.210. The van der Waals surface area contributed by atoms with Gasteiger partial charge >= 0.3 is 0 Å². The monoisotopic (exact) mass is 213 g/mol. The van der Waals surface area contributed by atoms with Gasteiger partial charge in [-0.1, -0.05) is 0 Å². The predicted octanol–water partition coefficient (Wildman–Crippen LogP) is -0.289. The Bertz CT molecular complexity index is 329. The molecule has 2 unspecified atom stereocenters. The first-order chi connectivity index (χ1) is 7.06. The van der Waals surface area contributed by atoms with Crippen LogP contribution in [0.25, 0.3) is 0 Å². The van der Waals surface area contributed by atoms with E-state index in [9.17, 15) is 15.3 Å². The van der Waals surface area contributed by atoms with E-state index < -0.39 is 12.2 Å². The molecule has 5 heteroatoms. The molecule has 84 valence electrons. The second-order valence-corrected chi connectivity index (χ2v) is 3.31. The van der Waals surface area contributed by atoms with Gasteiger partial charge in [0.15, 0.2) is 0 Å². The minimum Gasteiger partial charge on any atom is -0.508 e. The Labute approximate surface area is 87.6 Å². The fourth-order valence-electron chi connectivity index (χ4n) is 1.31. The third-order valence-electron chi connectivity index (χ3n) is 2.11. The highest BCUT2D eigenvalue weighted by Crippen LogP contribution is 2.29. The number of aliphatic hydroxyl groups excluding tert-OH is 2. The van der Waals surface area contributed by atoms with E-state index in [1.165, 1.54) is 12.1 Å². The maximum Gasteiger partial charge on any atom is 0.125 e. The second-order valence-electron chi connectivity index (χ2n) is 3.31. The number of aromatic hydroxyl groups is 2. The third-order valence-corrected chi connectivity index (χ3v) is 2.11. The normalized spacial score (nSPS) is 14.9. The van der Waals surface area contributed by atoms with E-state index in [4.69, 9.17) is 5.11 Å². The van der Waals surface area contributed by atoms with Crippen LogP contribution in [0.4, 0.5) is 0 Å². The number of phenolic OH excluding ortho intramolecular Hbond substituents is 2. The largest absolute Gasteiger partial charge is 0.508 e. The Kier molecular flexibility index (Phi) is 3.90. The Balaban J connectivity index is 2.86. The van der Waals surface area contributed by atoms with E-state index in [0.717, 1.165) is 6.07 Å². The highest BCUT2D eigenvalue weighted by Gasteiger charge is 2.20. The molecule has 0 radical (unpaired) electrons. The van der Waals surface area contributed by atoms with Gasteiger partial charge in [-0.15, -0.1) is 0 Å². The van der Waals surface area contributed by atoms with Gasteiger partial charge in [0.05, 0.1) is 6.10 Å². The summed E-state index contributed by atoms with van der Waals surface area (Å²) < 4.78 is 0. The molecule has 0 heterocycles. The van der Waals surface area contributed by atoms with Crippen molar-refractivity contribution < 1.29 is 20.4 Å². The minimum absolute atomic E-state index is 0.0912. The summed E-state index contributed by atoms with van der Waals surface area (Å²) in [6.07, 6.45) is -2.19. The zero-order chi connectivity index (χ0) is 11.4. The van der Waals surface area contributed by atoms with E-state index >= 15 is 0 Å². The Morgan fingerprint density at radius 1 is 1.27 bits per heavy atom. The standard InChI is InChI=1S/C10H15NO4/c1-11-5-9(14)10(15)7-3-2-6(12)4-8(7)13/h2-4,9-15H,5H2,1H3. The smallest absolute Gasteiger partial charge is 0.125 e. The van der Waals surface area contributed by atoms with Crippen molar-refractivity contribution in [2.24, 2.45) is 0 Å². The van der Waals surface area contributed by atoms with Gasteiger partial charge in [-0.2, -0.15) is 0 Å². The molecule has 1 rings (SSSR count). The molecule has 1 aromatic rings. The first kappa shape index (κ1) is 11.8. The minimum atomic E-state index is -1.18. The van der Waals surface area contributed by atoms with E-state index in [2.05, 4.69) is 5.32 Å². The molecule has 5 nitrogen and oxygen atoms in total. The van der Waals surface area contributed by atoms with Crippen LogP contribution in [0.2, 0.25) is 0 Å². The van der Waals surface area contributed by atoms with Crippen molar-refractivity contribution in [3.05, 3.63) is 23.8 Å². The lowest BCUT2D eigenvalue weighted by atomic mass is 10.0. The maximum atomic E-state index is 9.66. The molecule has 0 fully saturated rings. The van der Waals surface area contributed by atoms with Crippen molar-refractivity contribution in [1.82, 2.24) is 5.32 Å². The van der Waals surface area contributed by atoms with Gasteiger partial charge in [0.2, 0.25) is 0 Å². The summed E-state index contributed by atoms with van der Waals surface area (Å²) in [6, 6.07) is 3.82. The summed E-state index contributed by atoms with van der Waals surface area (Å²) in [5.41, 5.74) is 0.190. The first-order valence-electron chi connectivity index (χ1n) is 4.59. The summed E-state index contributed by atoms with van der Waals surface area (Å²) in [7, 11) is 1.65. The molecule has 0 saturated heterocycles. The van der Waals surface area contributed by atoms with E-state index in [0.29, 0.717) is 0 Å². The molecule has 0 amide bonds. The fraction of sp³-hybridized carbons (Fsp3) is 0.400. The van der Waals surface area contributed by atoms with E-state index in [-0.39, 0.29) is 23.6 Å². The van der Waals surface area contributed by atoms with Crippen molar-refractivity contribution in [1.29, 1.82) is 0 Å². The quantitative estimate of drug-likeness (QED) is 0.474. The van der Waals surface area contributed by atoms with Crippen molar-refractivity contribution in [3.8, 4) is 11.5 Å². The van der Waals surface area contributed by atoms with Crippen LogP contribution in [-0.2, 0) is 0 Å². The van der Waals surface area contributed by atoms with Crippen LogP contribution < -0.4 is 5.32 Å². The van der Waals surface area contributed by atoms with Gasteiger partial charge < -0.3 is 25.7 Å². The average Bonchev–Trinajstić information content (AvgIpc) is 2.17. The van der Waals surface area contributed by atoms with Crippen LogP contribution in [0.15, 0.2) is 18.2 Å². The van der Waals surface area contributed by atoms with Crippen LogP contribution in [0.5, 0.6) is 11.5 Å². The Morgan fingerprint density at radius 3 is 2.47 bits per heavy atom. The summed E-state index contributed by atoms with van der Waals surface area (Å²) in [5.74, 6) is -0.329. The highest BCUT2D eigenvalue weighted by atomic mass is 16.3. The van der Waals surface area contributed by atoms with Crippen molar-refractivity contribution >= 4 is 0 Å². The topological polar surface area (TPSA) is 93.0 Å². The molecule has 0 aliphatic heterocycles. The molecule has 0 spiro atoms. The third kappa shape index (κ3) is 2.82. The van der Waals surface area contributed by atoms with E-state index in [1.807, 2.05) is 0 Å². The van der Waals surface area contributed by atoms with Gasteiger partial charge in [-0.3, -0.25) is 0 Å². The summed E-state index contributed by atoms with van der Waals surface area (Å²) >= 11 is 0. The molecular weight excluding hydrogens is 198 g/mol. The average molecular weight is 213 g/mol. The maximum absolute atomic E-state index is 9.66. The molecular formula is C10H15NO4. The number of benzene rings is 1. The SMILES string of the molecule is CNCC(O)C(O)c1ccc(O)cc1O. The molecule has 0 aliphatic rings. The molecule has 0 saturated carbocycles. The van der Waals surface area contributed by atoms with Gasteiger partial charge in [-0.05, 0) is 19.2 Å². The molecule has 2 atom stereocenters. The second kappa shape index (κ2) is 4.97. The van der Waals surface area contributed by atoms with Crippen molar-refractivity contribution in [3.63, 3.8) is 0 Å². The molecule has 15 heavy (non-hydrogen) atoms. The van der Waals surface area contributed by atoms with Crippen LogP contribution in [0.3, 0.4) is 0 Å². The number of hydrogen-bond acceptors (Lipinski definition) is 5. The van der Waals surface area contributed by atoms with Crippen molar-refractivity contribution in [2.75, 3.05) is 13.6 Å². The van der Waals surface area contributed by atoms with Crippen LogP contribution in [0.1, 0.15) is 11.7 Å². The van der Waals surface area contributed by atoms with Gasteiger partial charge in [0, 0.05) is 18.2 Å². The number of likely N-dealkylation sites (N-methyl/N-ethyl adjacent to an activating group) is 1. The van der Waals surface area contributed by atoms with Gasteiger partial charge in [0.25, 0.3) is 0 Å². The fourth-order valence-corrected chi connectivity index (χ4v) is 1.31. The number of aliphatic hydroxyl groups is 2. The summed E-state index contributed by atoms with van der Waals surface area (Å²) in [5, 5.41) is 40.3. The zero-order valence-corrected chi connectivity index (χ0v) is 8.38. The van der Waals surface area contributed by atoms with Gasteiger partial charge in [-0.25, -0.2) is 0 Å². The number of hydrogen-bond donors (Lipinski definition) is 5. The van der Waals surface area contributed by atoms with Crippen LogP contribution >= 0.6 is 0 Å². The lowest BCUT2D eigenvalue weighted by Gasteiger charge is -2.18. The number of nitrogens with one attached hydrogen (secondary N) is 1. The molecule has 0 aliphatic carbocycles. The van der Waals surface area contributed by atoms with E-state index in [1.54, 1.807) is 7.05 Å². The first-order valence-corrected chi connectivity index (χ1v) is 4.59. The Morgan fingerprint density at radius 2 is 1.93 bits per heavy atom. The molecule has 5 N–H and O–H groups in total. The Hall–Kier alpha value is -1.30. The number of rotatable bonds is 4. The van der Waals surface area contributed by atoms with Gasteiger partial charge in [0.1, 0.15) is 17.6 Å². The lowest BCUT2D eigenvalue weighted by molar-refractivity contribution is 0.0189. The molecule has 1 aromatic carbocycles. The zero-order valence-electron chi connectivity index (χ0n) is 8.38. The van der Waals surface area contributed by atoms with Crippen LogP contribution in [-0.4, -0.2) is 40.1 Å². The molecule has 0 aromatic heterocycles. The molecule has 0 bridgehead atoms. The summed E-state index contributed by atoms with van der Waals surface area (Å²) in [4.78, 5) is 0. The number of phenols is 2.